The smallest absolute Gasteiger partial charge is 0.119 e. The molecule has 0 amide bonds. The second kappa shape index (κ2) is 11.1. The van der Waals surface area contributed by atoms with Gasteiger partial charge < -0.3 is 9.47 Å². The highest BCUT2D eigenvalue weighted by molar-refractivity contribution is 5.33. The van der Waals surface area contributed by atoms with E-state index in [2.05, 4.69) is 32.0 Å². The van der Waals surface area contributed by atoms with Crippen LogP contribution in [-0.4, -0.2) is 18.8 Å². The second-order valence-electron chi connectivity index (χ2n) is 8.99. The summed E-state index contributed by atoms with van der Waals surface area (Å²) in [4.78, 5) is 0. The highest BCUT2D eigenvalue weighted by atomic mass is 16.5. The molecule has 152 valence electrons. The van der Waals surface area contributed by atoms with Crippen molar-refractivity contribution in [1.82, 2.24) is 0 Å². The van der Waals surface area contributed by atoms with Crippen molar-refractivity contribution in [2.75, 3.05) is 6.61 Å². The van der Waals surface area contributed by atoms with Gasteiger partial charge in [-0.05, 0) is 94.4 Å². The average Bonchev–Trinajstić information content (AvgIpc) is 3.05. The maximum absolute atomic E-state index is 6.31. The van der Waals surface area contributed by atoms with Gasteiger partial charge in [-0.15, -0.1) is 0 Å². The van der Waals surface area contributed by atoms with E-state index in [0.29, 0.717) is 12.2 Å². The van der Waals surface area contributed by atoms with Crippen LogP contribution in [0.15, 0.2) is 18.2 Å². The van der Waals surface area contributed by atoms with Gasteiger partial charge in [0.2, 0.25) is 0 Å². The van der Waals surface area contributed by atoms with Gasteiger partial charge in [-0.1, -0.05) is 38.2 Å². The lowest BCUT2D eigenvalue weighted by atomic mass is 9.95. The lowest BCUT2D eigenvalue weighted by Crippen LogP contribution is -2.15. The highest BCUT2D eigenvalue weighted by Crippen LogP contribution is 2.30. The van der Waals surface area contributed by atoms with Crippen LogP contribution in [0, 0.1) is 19.8 Å². The minimum Gasteiger partial charge on any atom is -0.490 e. The molecule has 0 spiro atoms. The van der Waals surface area contributed by atoms with E-state index >= 15 is 0 Å². The molecule has 0 bridgehead atoms. The van der Waals surface area contributed by atoms with Crippen molar-refractivity contribution in [2.45, 2.75) is 110 Å². The van der Waals surface area contributed by atoms with Gasteiger partial charge in [-0.25, -0.2) is 0 Å². The second-order valence-corrected chi connectivity index (χ2v) is 8.99. The highest BCUT2D eigenvalue weighted by Gasteiger charge is 2.20. The number of hydrogen-bond acceptors (Lipinski definition) is 2. The van der Waals surface area contributed by atoms with Crippen molar-refractivity contribution in [3.63, 3.8) is 0 Å². The van der Waals surface area contributed by atoms with Crippen LogP contribution in [0.5, 0.6) is 5.75 Å². The van der Waals surface area contributed by atoms with Gasteiger partial charge in [0.05, 0.1) is 12.2 Å². The Morgan fingerprint density at radius 3 is 2.33 bits per heavy atom. The third-order valence-electron chi connectivity index (χ3n) is 6.73. The fourth-order valence-corrected chi connectivity index (χ4v) is 4.76. The van der Waals surface area contributed by atoms with Crippen LogP contribution < -0.4 is 4.74 Å². The third-order valence-corrected chi connectivity index (χ3v) is 6.73. The Kier molecular flexibility index (Phi) is 8.51. The van der Waals surface area contributed by atoms with E-state index in [9.17, 15) is 0 Å². The number of ether oxygens (including phenoxy) is 2. The first-order valence-corrected chi connectivity index (χ1v) is 11.6. The van der Waals surface area contributed by atoms with Crippen molar-refractivity contribution in [3.05, 3.63) is 29.3 Å². The summed E-state index contributed by atoms with van der Waals surface area (Å²) in [5, 5.41) is 0. The van der Waals surface area contributed by atoms with Crippen molar-refractivity contribution < 1.29 is 9.47 Å². The molecule has 2 aliphatic rings. The maximum atomic E-state index is 6.31. The molecule has 2 heteroatoms. The van der Waals surface area contributed by atoms with E-state index < -0.39 is 0 Å². The molecule has 2 fully saturated rings. The Balaban J connectivity index is 1.33. The normalized spacial score (nSPS) is 25.0. The topological polar surface area (TPSA) is 18.5 Å². The lowest BCUT2D eigenvalue weighted by Gasteiger charge is -2.19. The molecule has 1 aromatic carbocycles. The molecule has 2 unspecified atom stereocenters. The molecule has 0 radical (unpaired) electrons. The van der Waals surface area contributed by atoms with Gasteiger partial charge in [-0.2, -0.15) is 0 Å². The summed E-state index contributed by atoms with van der Waals surface area (Å²) in [7, 11) is 0. The summed E-state index contributed by atoms with van der Waals surface area (Å²) in [5.74, 6) is 1.93. The first-order valence-electron chi connectivity index (χ1n) is 11.6. The molecule has 2 aliphatic carbocycles. The van der Waals surface area contributed by atoms with Crippen LogP contribution in [0.25, 0.3) is 0 Å². The van der Waals surface area contributed by atoms with E-state index in [0.717, 1.165) is 18.3 Å². The minimum atomic E-state index is 0.402. The fraction of sp³-hybridized carbons (Fsp3) is 0.760. The summed E-state index contributed by atoms with van der Waals surface area (Å²) in [6.07, 6.45) is 18.1. The maximum Gasteiger partial charge on any atom is 0.119 e. The molecule has 0 saturated heterocycles. The molecular formula is C25H40O2. The van der Waals surface area contributed by atoms with Crippen LogP contribution in [0.1, 0.15) is 94.6 Å². The van der Waals surface area contributed by atoms with Crippen molar-refractivity contribution in [2.24, 2.45) is 5.92 Å². The summed E-state index contributed by atoms with van der Waals surface area (Å²) in [5.41, 5.74) is 2.67. The molecular weight excluding hydrogens is 332 g/mol. The number of hydrogen-bond donors (Lipinski definition) is 0. The monoisotopic (exact) mass is 372 g/mol. The van der Waals surface area contributed by atoms with E-state index in [-0.39, 0.29) is 0 Å². The molecule has 2 nitrogen and oxygen atoms in total. The first kappa shape index (κ1) is 20.7. The minimum absolute atomic E-state index is 0.402. The molecule has 0 aliphatic heterocycles. The zero-order valence-electron chi connectivity index (χ0n) is 17.7. The van der Waals surface area contributed by atoms with Gasteiger partial charge in [0.25, 0.3) is 0 Å². The summed E-state index contributed by atoms with van der Waals surface area (Å²) < 4.78 is 12.5. The molecule has 3 rings (SSSR count). The molecule has 2 saturated carbocycles. The Labute approximate surface area is 167 Å². The number of benzene rings is 1. The van der Waals surface area contributed by atoms with Crippen LogP contribution in [0.3, 0.4) is 0 Å². The van der Waals surface area contributed by atoms with Crippen molar-refractivity contribution in [1.29, 1.82) is 0 Å². The number of aryl methyl sites for hydroxylation is 2. The molecule has 1 aromatic rings. The van der Waals surface area contributed by atoms with Crippen LogP contribution in [0.2, 0.25) is 0 Å². The largest absolute Gasteiger partial charge is 0.490 e. The lowest BCUT2D eigenvalue weighted by molar-refractivity contribution is 0.0389. The van der Waals surface area contributed by atoms with Crippen molar-refractivity contribution in [3.8, 4) is 5.75 Å². The summed E-state index contributed by atoms with van der Waals surface area (Å²) >= 11 is 0. The van der Waals surface area contributed by atoms with Gasteiger partial charge in [0.1, 0.15) is 5.75 Å². The summed E-state index contributed by atoms with van der Waals surface area (Å²) in [6.45, 7) is 5.31. The zero-order valence-corrected chi connectivity index (χ0v) is 17.7. The molecule has 2 atom stereocenters. The van der Waals surface area contributed by atoms with E-state index in [1.165, 1.54) is 94.6 Å². The van der Waals surface area contributed by atoms with Gasteiger partial charge >= 0.3 is 0 Å². The zero-order chi connectivity index (χ0) is 18.9. The molecule has 0 N–H and O–H groups in total. The number of rotatable bonds is 7. The van der Waals surface area contributed by atoms with Gasteiger partial charge in [-0.3, -0.25) is 0 Å². The SMILES string of the molecule is Cc1ccc(OC2CCCC(CCCOC3CCCCCC3)CC2)cc1C. The van der Waals surface area contributed by atoms with E-state index in [1.54, 1.807) is 0 Å². The van der Waals surface area contributed by atoms with Gasteiger partial charge in [0, 0.05) is 6.61 Å². The Bertz CT molecular complexity index is 545. The summed E-state index contributed by atoms with van der Waals surface area (Å²) in [6, 6.07) is 6.51. The predicted octanol–water partition coefficient (Wildman–Crippen LogP) is 7.15. The standard InChI is InChI=1S/C25H40O2/c1-20-14-16-25(19-21(20)2)27-24-13-7-9-22(15-17-24)10-8-18-26-23-11-5-3-4-6-12-23/h14,16,19,22-24H,3-13,15,17-18H2,1-2H3. The quantitative estimate of drug-likeness (QED) is 0.374. The first-order chi connectivity index (χ1) is 13.2. The van der Waals surface area contributed by atoms with Crippen molar-refractivity contribution >= 4 is 0 Å². The van der Waals surface area contributed by atoms with Crippen LogP contribution >= 0.6 is 0 Å². The van der Waals surface area contributed by atoms with E-state index in [4.69, 9.17) is 9.47 Å². The van der Waals surface area contributed by atoms with Gasteiger partial charge in [0.15, 0.2) is 0 Å². The Morgan fingerprint density at radius 1 is 0.778 bits per heavy atom. The Morgan fingerprint density at radius 2 is 1.56 bits per heavy atom. The third kappa shape index (κ3) is 7.14. The molecule has 0 heterocycles. The Hall–Kier alpha value is -1.02. The molecule has 0 aromatic heterocycles. The molecule has 27 heavy (non-hydrogen) atoms. The van der Waals surface area contributed by atoms with E-state index in [1.807, 2.05) is 0 Å². The average molecular weight is 373 g/mol. The fourth-order valence-electron chi connectivity index (χ4n) is 4.76. The van der Waals surface area contributed by atoms with Crippen LogP contribution in [-0.2, 0) is 4.74 Å². The van der Waals surface area contributed by atoms with Crippen LogP contribution in [0.4, 0.5) is 0 Å². The predicted molar refractivity (Wildman–Crippen MR) is 114 cm³/mol.